The second-order valence-corrected chi connectivity index (χ2v) is 7.16. The number of hydrogen-bond acceptors (Lipinski definition) is 5. The normalized spacial score (nSPS) is 22.5. The van der Waals surface area contributed by atoms with Gasteiger partial charge in [0.25, 0.3) is 0 Å². The van der Waals surface area contributed by atoms with Crippen LogP contribution in [0.2, 0.25) is 0 Å². The van der Waals surface area contributed by atoms with Crippen LogP contribution in [0.4, 0.5) is 0 Å². The third kappa shape index (κ3) is 3.51. The molecule has 2 aromatic rings. The van der Waals surface area contributed by atoms with Crippen LogP contribution in [0.5, 0.6) is 0 Å². The van der Waals surface area contributed by atoms with Gasteiger partial charge in [-0.15, -0.1) is 22.7 Å². The summed E-state index contributed by atoms with van der Waals surface area (Å²) >= 11 is 3.27. The number of aromatic nitrogens is 1. The number of carbonyl (C=O) groups excluding carboxylic acids is 1. The van der Waals surface area contributed by atoms with Gasteiger partial charge in [0.15, 0.2) is 0 Å². The quantitative estimate of drug-likeness (QED) is 0.872. The number of carbonyl (C=O) groups is 1. The molecule has 0 radical (unpaired) electrons. The SMILES string of the molecule is CC1CN(C(=O)Cc2csc(-c3cccs3)n2)CC(C)O1. The Morgan fingerprint density at radius 1 is 1.38 bits per heavy atom. The van der Waals surface area contributed by atoms with Gasteiger partial charge in [0.1, 0.15) is 5.01 Å². The summed E-state index contributed by atoms with van der Waals surface area (Å²) in [5, 5.41) is 5.02. The molecule has 0 spiro atoms. The Balaban J connectivity index is 1.65. The second kappa shape index (κ2) is 6.25. The predicted octanol–water partition coefficient (Wildman–Crippen LogP) is 3.05. The molecular formula is C15H18N2O2S2. The molecule has 1 aliphatic heterocycles. The Morgan fingerprint density at radius 3 is 2.81 bits per heavy atom. The van der Waals surface area contributed by atoms with Crippen molar-refractivity contribution in [2.75, 3.05) is 13.1 Å². The molecule has 1 aliphatic rings. The molecule has 0 N–H and O–H groups in total. The minimum atomic E-state index is 0.106. The molecule has 112 valence electrons. The zero-order valence-corrected chi connectivity index (χ0v) is 13.7. The molecular weight excluding hydrogens is 304 g/mol. The van der Waals surface area contributed by atoms with Gasteiger partial charge in [0, 0.05) is 18.5 Å². The number of hydrogen-bond donors (Lipinski definition) is 0. The molecule has 2 atom stereocenters. The van der Waals surface area contributed by atoms with E-state index < -0.39 is 0 Å². The minimum Gasteiger partial charge on any atom is -0.372 e. The fourth-order valence-corrected chi connectivity index (χ4v) is 4.18. The van der Waals surface area contributed by atoms with Crippen LogP contribution in [0.15, 0.2) is 22.9 Å². The number of rotatable bonds is 3. The highest BCUT2D eigenvalue weighted by Gasteiger charge is 2.26. The van der Waals surface area contributed by atoms with Crippen molar-refractivity contribution in [3.05, 3.63) is 28.6 Å². The van der Waals surface area contributed by atoms with Crippen LogP contribution in [0, 0.1) is 0 Å². The third-order valence-electron chi connectivity index (χ3n) is 3.39. The van der Waals surface area contributed by atoms with Crippen molar-refractivity contribution >= 4 is 28.6 Å². The zero-order chi connectivity index (χ0) is 14.8. The summed E-state index contributed by atoms with van der Waals surface area (Å²) in [4.78, 5) is 20.0. The second-order valence-electron chi connectivity index (χ2n) is 5.35. The van der Waals surface area contributed by atoms with Crippen molar-refractivity contribution in [1.29, 1.82) is 0 Å². The molecule has 1 amide bonds. The maximum atomic E-state index is 12.4. The Morgan fingerprint density at radius 2 is 2.14 bits per heavy atom. The Hall–Kier alpha value is -1.24. The Kier molecular flexibility index (Phi) is 4.37. The van der Waals surface area contributed by atoms with E-state index in [-0.39, 0.29) is 18.1 Å². The molecule has 0 saturated carbocycles. The van der Waals surface area contributed by atoms with E-state index in [1.165, 1.54) is 0 Å². The molecule has 2 aromatic heterocycles. The van der Waals surface area contributed by atoms with Crippen LogP contribution >= 0.6 is 22.7 Å². The summed E-state index contributed by atoms with van der Waals surface area (Å²) in [5.41, 5.74) is 0.861. The number of morpholine rings is 1. The lowest BCUT2D eigenvalue weighted by molar-refractivity contribution is -0.142. The van der Waals surface area contributed by atoms with E-state index in [1.807, 2.05) is 35.6 Å². The molecule has 3 heterocycles. The van der Waals surface area contributed by atoms with Gasteiger partial charge in [0.05, 0.1) is 29.2 Å². The lowest BCUT2D eigenvalue weighted by Gasteiger charge is -2.35. The molecule has 0 bridgehead atoms. The van der Waals surface area contributed by atoms with Gasteiger partial charge in [-0.2, -0.15) is 0 Å². The minimum absolute atomic E-state index is 0.106. The molecule has 1 saturated heterocycles. The van der Waals surface area contributed by atoms with E-state index in [1.54, 1.807) is 22.7 Å². The smallest absolute Gasteiger partial charge is 0.228 e. The first-order valence-electron chi connectivity index (χ1n) is 7.03. The van der Waals surface area contributed by atoms with Crippen LogP contribution in [0.3, 0.4) is 0 Å². The van der Waals surface area contributed by atoms with Gasteiger partial charge in [0.2, 0.25) is 5.91 Å². The highest BCUT2D eigenvalue weighted by atomic mass is 32.1. The molecule has 4 nitrogen and oxygen atoms in total. The van der Waals surface area contributed by atoms with Crippen molar-refractivity contribution in [1.82, 2.24) is 9.88 Å². The van der Waals surface area contributed by atoms with Crippen LogP contribution in [0.25, 0.3) is 9.88 Å². The zero-order valence-electron chi connectivity index (χ0n) is 12.1. The van der Waals surface area contributed by atoms with Crippen LogP contribution in [-0.2, 0) is 16.0 Å². The van der Waals surface area contributed by atoms with Crippen LogP contribution in [0.1, 0.15) is 19.5 Å². The largest absolute Gasteiger partial charge is 0.372 e. The van der Waals surface area contributed by atoms with Crippen molar-refractivity contribution in [2.24, 2.45) is 0 Å². The molecule has 0 aromatic carbocycles. The van der Waals surface area contributed by atoms with Gasteiger partial charge < -0.3 is 9.64 Å². The third-order valence-corrected chi connectivity index (χ3v) is 5.32. The molecule has 21 heavy (non-hydrogen) atoms. The number of ether oxygens (including phenoxy) is 1. The van der Waals surface area contributed by atoms with E-state index in [0.29, 0.717) is 19.5 Å². The monoisotopic (exact) mass is 322 g/mol. The van der Waals surface area contributed by atoms with Gasteiger partial charge in [-0.1, -0.05) is 6.07 Å². The fraction of sp³-hybridized carbons (Fsp3) is 0.467. The molecule has 3 rings (SSSR count). The average molecular weight is 322 g/mol. The van der Waals surface area contributed by atoms with Crippen molar-refractivity contribution in [3.63, 3.8) is 0 Å². The van der Waals surface area contributed by atoms with Crippen LogP contribution in [-0.4, -0.2) is 41.1 Å². The van der Waals surface area contributed by atoms with Gasteiger partial charge in [-0.25, -0.2) is 4.98 Å². The fourth-order valence-electron chi connectivity index (χ4n) is 2.55. The first kappa shape index (κ1) is 14.7. The van der Waals surface area contributed by atoms with Crippen LogP contribution < -0.4 is 0 Å². The van der Waals surface area contributed by atoms with E-state index in [2.05, 4.69) is 11.1 Å². The number of thiophene rings is 1. The highest BCUT2D eigenvalue weighted by Crippen LogP contribution is 2.28. The maximum absolute atomic E-state index is 12.4. The topological polar surface area (TPSA) is 42.4 Å². The Bertz CT molecular complexity index is 599. The standard InChI is InChI=1S/C15H18N2O2S2/c1-10-7-17(8-11(2)19-10)14(18)6-12-9-21-15(16-12)13-4-3-5-20-13/h3-5,9-11H,6-8H2,1-2H3. The summed E-state index contributed by atoms with van der Waals surface area (Å²) in [6, 6.07) is 4.07. The Labute approximate surface area is 132 Å². The highest BCUT2D eigenvalue weighted by molar-refractivity contribution is 7.20. The van der Waals surface area contributed by atoms with E-state index in [0.717, 1.165) is 15.6 Å². The van der Waals surface area contributed by atoms with Gasteiger partial charge in [-0.05, 0) is 25.3 Å². The van der Waals surface area contributed by atoms with Crippen molar-refractivity contribution in [2.45, 2.75) is 32.5 Å². The molecule has 2 unspecified atom stereocenters. The summed E-state index contributed by atoms with van der Waals surface area (Å²) in [7, 11) is 0. The maximum Gasteiger partial charge on any atom is 0.228 e. The summed E-state index contributed by atoms with van der Waals surface area (Å²) < 4.78 is 5.66. The first-order chi connectivity index (χ1) is 10.1. The lowest BCUT2D eigenvalue weighted by atomic mass is 10.2. The number of amides is 1. The van der Waals surface area contributed by atoms with Crippen molar-refractivity contribution < 1.29 is 9.53 Å². The summed E-state index contributed by atoms with van der Waals surface area (Å²) in [6.07, 6.45) is 0.589. The van der Waals surface area contributed by atoms with E-state index >= 15 is 0 Å². The predicted molar refractivity (Wildman–Crippen MR) is 85.7 cm³/mol. The van der Waals surface area contributed by atoms with E-state index in [9.17, 15) is 4.79 Å². The molecule has 0 aliphatic carbocycles. The van der Waals surface area contributed by atoms with E-state index in [4.69, 9.17) is 4.74 Å². The summed E-state index contributed by atoms with van der Waals surface area (Å²) in [6.45, 7) is 5.36. The number of thiazole rings is 1. The van der Waals surface area contributed by atoms with Gasteiger partial charge in [-0.3, -0.25) is 4.79 Å². The van der Waals surface area contributed by atoms with Gasteiger partial charge >= 0.3 is 0 Å². The lowest BCUT2D eigenvalue weighted by Crippen LogP contribution is -2.48. The summed E-state index contributed by atoms with van der Waals surface area (Å²) in [5.74, 6) is 0.139. The first-order valence-corrected chi connectivity index (χ1v) is 8.79. The molecule has 6 heteroatoms. The van der Waals surface area contributed by atoms with Crippen molar-refractivity contribution in [3.8, 4) is 9.88 Å². The number of nitrogens with zero attached hydrogens (tertiary/aromatic N) is 2. The average Bonchev–Trinajstić information content (AvgIpc) is 3.07. The molecule has 1 fully saturated rings.